The molecule has 3 rings (SSSR count). The Morgan fingerprint density at radius 1 is 1.21 bits per heavy atom. The Morgan fingerprint density at radius 2 is 1.95 bits per heavy atom. The van der Waals surface area contributed by atoms with Gasteiger partial charge in [-0.25, -0.2) is 0 Å². The highest BCUT2D eigenvalue weighted by atomic mass is 15.1. The Kier molecular flexibility index (Phi) is 3.72. The first-order valence-corrected chi connectivity index (χ1v) is 7.44. The molecule has 0 saturated heterocycles. The number of nitrogens with one attached hydrogen (secondary N) is 1. The molecule has 1 aromatic rings. The minimum atomic E-state index is 0.544. The van der Waals surface area contributed by atoms with E-state index >= 15 is 0 Å². The third-order valence-electron chi connectivity index (χ3n) is 4.33. The molecule has 102 valence electrons. The van der Waals surface area contributed by atoms with Crippen molar-refractivity contribution >= 4 is 5.96 Å². The number of benzene rings is 1. The summed E-state index contributed by atoms with van der Waals surface area (Å²) < 4.78 is 0. The van der Waals surface area contributed by atoms with Crippen molar-refractivity contribution in [3.8, 4) is 0 Å². The van der Waals surface area contributed by atoms with Crippen LogP contribution >= 0.6 is 0 Å². The number of nitrogens with zero attached hydrogens (tertiary/aromatic N) is 1. The molecule has 3 heteroatoms. The Morgan fingerprint density at radius 3 is 2.53 bits per heavy atom. The predicted octanol–water partition coefficient (Wildman–Crippen LogP) is 2.64. The minimum absolute atomic E-state index is 0.544. The van der Waals surface area contributed by atoms with E-state index in [0.717, 1.165) is 12.5 Å². The minimum Gasteiger partial charge on any atom is -0.370 e. The summed E-state index contributed by atoms with van der Waals surface area (Å²) in [5, 5.41) is 3.31. The molecule has 0 spiro atoms. The summed E-state index contributed by atoms with van der Waals surface area (Å²) in [7, 11) is 0. The molecule has 1 atom stereocenters. The van der Waals surface area contributed by atoms with Crippen molar-refractivity contribution in [2.75, 3.05) is 6.54 Å². The zero-order chi connectivity index (χ0) is 13.1. The van der Waals surface area contributed by atoms with E-state index in [0.29, 0.717) is 17.9 Å². The van der Waals surface area contributed by atoms with Gasteiger partial charge in [0.1, 0.15) is 0 Å². The van der Waals surface area contributed by atoms with Crippen molar-refractivity contribution in [3.63, 3.8) is 0 Å². The van der Waals surface area contributed by atoms with Gasteiger partial charge < -0.3 is 11.1 Å². The lowest BCUT2D eigenvalue weighted by molar-refractivity contribution is 0.382. The summed E-state index contributed by atoms with van der Waals surface area (Å²) in [6, 6.07) is 11.3. The summed E-state index contributed by atoms with van der Waals surface area (Å²) >= 11 is 0. The van der Waals surface area contributed by atoms with Gasteiger partial charge in [0.15, 0.2) is 5.96 Å². The fourth-order valence-corrected chi connectivity index (χ4v) is 2.73. The molecule has 0 aromatic heterocycles. The quantitative estimate of drug-likeness (QED) is 0.629. The van der Waals surface area contributed by atoms with Gasteiger partial charge in [0.25, 0.3) is 0 Å². The van der Waals surface area contributed by atoms with Crippen LogP contribution in [0.2, 0.25) is 0 Å². The van der Waals surface area contributed by atoms with E-state index in [1.165, 1.54) is 37.7 Å². The fraction of sp³-hybridized carbons (Fsp3) is 0.562. The van der Waals surface area contributed by atoms with Crippen LogP contribution in [0.4, 0.5) is 0 Å². The molecule has 3 N–H and O–H groups in total. The van der Waals surface area contributed by atoms with Crippen LogP contribution in [-0.2, 0) is 0 Å². The topological polar surface area (TPSA) is 50.4 Å². The summed E-state index contributed by atoms with van der Waals surface area (Å²) in [4.78, 5) is 4.57. The number of aliphatic imine (C=N–C) groups is 1. The van der Waals surface area contributed by atoms with Crippen LogP contribution in [0.25, 0.3) is 0 Å². The third-order valence-corrected chi connectivity index (χ3v) is 4.33. The zero-order valence-corrected chi connectivity index (χ0v) is 11.4. The van der Waals surface area contributed by atoms with E-state index < -0.39 is 0 Å². The van der Waals surface area contributed by atoms with Gasteiger partial charge >= 0.3 is 0 Å². The van der Waals surface area contributed by atoms with Crippen LogP contribution in [-0.4, -0.2) is 18.5 Å². The van der Waals surface area contributed by atoms with Crippen LogP contribution in [0.3, 0.4) is 0 Å². The molecule has 0 aliphatic heterocycles. The number of hydrogen-bond donors (Lipinski definition) is 2. The van der Waals surface area contributed by atoms with Crippen LogP contribution < -0.4 is 11.1 Å². The maximum absolute atomic E-state index is 5.97. The first-order valence-electron chi connectivity index (χ1n) is 7.44. The average Bonchev–Trinajstić information content (AvgIpc) is 3.20. The molecule has 2 aliphatic rings. The molecule has 0 amide bonds. The molecule has 0 radical (unpaired) electrons. The normalized spacial score (nSPS) is 21.8. The Labute approximate surface area is 115 Å². The molecule has 0 bridgehead atoms. The van der Waals surface area contributed by atoms with Gasteiger partial charge in [0, 0.05) is 18.5 Å². The SMILES string of the molecule is NC(=NCC(c1ccccc1)C1CC1)NC1CCC1. The molecule has 2 aliphatic carbocycles. The summed E-state index contributed by atoms with van der Waals surface area (Å²) in [6.45, 7) is 0.820. The molecule has 1 aromatic carbocycles. The van der Waals surface area contributed by atoms with Gasteiger partial charge in [-0.2, -0.15) is 0 Å². The van der Waals surface area contributed by atoms with Crippen LogP contribution in [0.1, 0.15) is 43.6 Å². The smallest absolute Gasteiger partial charge is 0.188 e. The zero-order valence-electron chi connectivity index (χ0n) is 11.4. The average molecular weight is 257 g/mol. The number of nitrogens with two attached hydrogens (primary N) is 1. The second kappa shape index (κ2) is 5.64. The number of rotatable bonds is 5. The highest BCUT2D eigenvalue weighted by Gasteiger charge is 2.32. The van der Waals surface area contributed by atoms with Crippen molar-refractivity contribution < 1.29 is 0 Å². The molecule has 2 saturated carbocycles. The maximum Gasteiger partial charge on any atom is 0.188 e. The monoisotopic (exact) mass is 257 g/mol. The lowest BCUT2D eigenvalue weighted by atomic mass is 9.93. The van der Waals surface area contributed by atoms with Crippen LogP contribution in [0.5, 0.6) is 0 Å². The van der Waals surface area contributed by atoms with Gasteiger partial charge in [-0.1, -0.05) is 30.3 Å². The van der Waals surface area contributed by atoms with Crippen molar-refractivity contribution in [1.29, 1.82) is 0 Å². The first kappa shape index (κ1) is 12.5. The van der Waals surface area contributed by atoms with Gasteiger partial charge in [-0.05, 0) is 43.6 Å². The molecule has 19 heavy (non-hydrogen) atoms. The van der Waals surface area contributed by atoms with Gasteiger partial charge in [0.05, 0.1) is 0 Å². The van der Waals surface area contributed by atoms with Crippen molar-refractivity contribution in [2.24, 2.45) is 16.6 Å². The van der Waals surface area contributed by atoms with Gasteiger partial charge in [-0.3, -0.25) is 4.99 Å². The number of hydrogen-bond acceptors (Lipinski definition) is 1. The lowest BCUT2D eigenvalue weighted by Gasteiger charge is -2.27. The summed E-state index contributed by atoms with van der Waals surface area (Å²) in [5.74, 6) is 1.98. The third kappa shape index (κ3) is 3.28. The van der Waals surface area contributed by atoms with Crippen molar-refractivity contribution in [2.45, 2.75) is 44.1 Å². The van der Waals surface area contributed by atoms with E-state index in [1.807, 2.05) is 0 Å². The standard InChI is InChI=1S/C16H23N3/c17-16(19-14-7-4-8-14)18-11-15(13-9-10-13)12-5-2-1-3-6-12/h1-3,5-6,13-15H,4,7-11H2,(H3,17,18,19). The number of guanidine groups is 1. The van der Waals surface area contributed by atoms with E-state index in [9.17, 15) is 0 Å². The van der Waals surface area contributed by atoms with Crippen molar-refractivity contribution in [3.05, 3.63) is 35.9 Å². The summed E-state index contributed by atoms with van der Waals surface area (Å²) in [6.07, 6.45) is 6.47. The highest BCUT2D eigenvalue weighted by Crippen LogP contribution is 2.42. The van der Waals surface area contributed by atoms with Crippen LogP contribution in [0, 0.1) is 5.92 Å². The molecule has 3 nitrogen and oxygen atoms in total. The molecule has 0 heterocycles. The molecule has 2 fully saturated rings. The van der Waals surface area contributed by atoms with E-state index in [1.54, 1.807) is 0 Å². The lowest BCUT2D eigenvalue weighted by Crippen LogP contribution is -2.43. The largest absolute Gasteiger partial charge is 0.370 e. The van der Waals surface area contributed by atoms with Gasteiger partial charge in [0.2, 0.25) is 0 Å². The Bertz CT molecular complexity index is 433. The summed E-state index contributed by atoms with van der Waals surface area (Å²) in [5.41, 5.74) is 7.38. The molecular weight excluding hydrogens is 234 g/mol. The fourth-order valence-electron chi connectivity index (χ4n) is 2.73. The van der Waals surface area contributed by atoms with Gasteiger partial charge in [-0.15, -0.1) is 0 Å². The predicted molar refractivity (Wildman–Crippen MR) is 79.2 cm³/mol. The van der Waals surface area contributed by atoms with Crippen LogP contribution in [0.15, 0.2) is 35.3 Å². The Hall–Kier alpha value is -1.51. The molecular formula is C16H23N3. The maximum atomic E-state index is 5.97. The molecule has 1 unspecified atom stereocenters. The van der Waals surface area contributed by atoms with Crippen molar-refractivity contribution in [1.82, 2.24) is 5.32 Å². The first-order chi connectivity index (χ1) is 9.33. The van der Waals surface area contributed by atoms with E-state index in [-0.39, 0.29) is 0 Å². The second-order valence-electron chi connectivity index (χ2n) is 5.85. The van der Waals surface area contributed by atoms with E-state index in [4.69, 9.17) is 5.73 Å². The highest BCUT2D eigenvalue weighted by molar-refractivity contribution is 5.78. The Balaban J connectivity index is 1.60. The van der Waals surface area contributed by atoms with E-state index in [2.05, 4.69) is 40.6 Å². The second-order valence-corrected chi connectivity index (χ2v) is 5.85.